The molecule has 0 radical (unpaired) electrons. The van der Waals surface area contributed by atoms with Crippen LogP contribution in [0.3, 0.4) is 0 Å². The first kappa shape index (κ1) is 11.2. The monoisotopic (exact) mass is 231 g/mol. The molecule has 0 saturated carbocycles. The highest BCUT2D eigenvalue weighted by molar-refractivity contribution is 5.19. The van der Waals surface area contributed by atoms with E-state index in [-0.39, 0.29) is 6.10 Å². The van der Waals surface area contributed by atoms with Crippen molar-refractivity contribution in [2.24, 2.45) is 5.92 Å². The van der Waals surface area contributed by atoms with Gasteiger partial charge in [-0.3, -0.25) is 0 Å². The maximum atomic E-state index is 10.6. The number of piperidine rings is 1. The van der Waals surface area contributed by atoms with Crippen LogP contribution >= 0.6 is 0 Å². The van der Waals surface area contributed by atoms with E-state index in [1.807, 2.05) is 30.3 Å². The molecule has 0 aromatic heterocycles. The van der Waals surface area contributed by atoms with Gasteiger partial charge in [0.2, 0.25) is 0 Å². The molecule has 1 N–H and O–H groups in total. The van der Waals surface area contributed by atoms with Crippen molar-refractivity contribution in [2.75, 3.05) is 7.05 Å². The average Bonchev–Trinajstić information content (AvgIpc) is 2.62. The zero-order valence-electron chi connectivity index (χ0n) is 10.4. The molecule has 2 aliphatic rings. The van der Waals surface area contributed by atoms with Crippen molar-refractivity contribution in [2.45, 2.75) is 43.9 Å². The van der Waals surface area contributed by atoms with Crippen LogP contribution in [-0.4, -0.2) is 29.1 Å². The summed E-state index contributed by atoms with van der Waals surface area (Å²) in [6.07, 6.45) is 4.72. The number of aliphatic hydroxyl groups excluding tert-OH is 1. The molecule has 2 aliphatic heterocycles. The third-order valence-corrected chi connectivity index (χ3v) is 4.77. The smallest absolute Gasteiger partial charge is 0.0833 e. The molecule has 0 unspecified atom stereocenters. The molecular formula is C15H21NO. The fraction of sp³-hybridized carbons (Fsp3) is 0.600. The predicted octanol–water partition coefficient (Wildman–Crippen LogP) is 2.59. The van der Waals surface area contributed by atoms with Gasteiger partial charge in [0, 0.05) is 18.0 Å². The lowest BCUT2D eigenvalue weighted by molar-refractivity contribution is 0.0183. The van der Waals surface area contributed by atoms with E-state index < -0.39 is 0 Å². The first-order valence-corrected chi connectivity index (χ1v) is 6.72. The van der Waals surface area contributed by atoms with Crippen LogP contribution in [0.15, 0.2) is 30.3 Å². The molecule has 2 bridgehead atoms. The molecule has 4 atom stereocenters. The number of hydrogen-bond donors (Lipinski definition) is 1. The van der Waals surface area contributed by atoms with E-state index in [0.29, 0.717) is 12.0 Å². The van der Waals surface area contributed by atoms with E-state index in [2.05, 4.69) is 11.9 Å². The van der Waals surface area contributed by atoms with Gasteiger partial charge in [0.05, 0.1) is 6.10 Å². The Bertz CT molecular complexity index is 378. The quantitative estimate of drug-likeness (QED) is 0.845. The number of fused-ring (bicyclic) bond motifs is 2. The molecule has 2 heterocycles. The zero-order chi connectivity index (χ0) is 11.8. The van der Waals surface area contributed by atoms with E-state index in [1.54, 1.807) is 0 Å². The van der Waals surface area contributed by atoms with Crippen molar-refractivity contribution in [3.63, 3.8) is 0 Å². The Morgan fingerprint density at radius 3 is 2.59 bits per heavy atom. The van der Waals surface area contributed by atoms with Crippen LogP contribution < -0.4 is 0 Å². The van der Waals surface area contributed by atoms with Gasteiger partial charge < -0.3 is 10.0 Å². The van der Waals surface area contributed by atoms with E-state index in [4.69, 9.17) is 0 Å². The van der Waals surface area contributed by atoms with Gasteiger partial charge in [0.15, 0.2) is 0 Å². The molecule has 3 rings (SSSR count). The minimum Gasteiger partial charge on any atom is -0.388 e. The molecule has 1 aromatic carbocycles. The molecule has 17 heavy (non-hydrogen) atoms. The fourth-order valence-electron chi connectivity index (χ4n) is 3.75. The summed E-state index contributed by atoms with van der Waals surface area (Å²) < 4.78 is 0. The van der Waals surface area contributed by atoms with Crippen molar-refractivity contribution in [3.05, 3.63) is 35.9 Å². The minimum absolute atomic E-state index is 0.289. The third kappa shape index (κ3) is 1.90. The van der Waals surface area contributed by atoms with Gasteiger partial charge in [0.25, 0.3) is 0 Å². The van der Waals surface area contributed by atoms with Crippen molar-refractivity contribution in [3.8, 4) is 0 Å². The maximum Gasteiger partial charge on any atom is 0.0833 e. The van der Waals surface area contributed by atoms with Crippen molar-refractivity contribution in [1.82, 2.24) is 4.90 Å². The lowest BCUT2D eigenvalue weighted by Gasteiger charge is -2.39. The SMILES string of the molecule is CN1[C@H]2CC[C@@H]([C@H](O)c3ccccc3)[C@@H]1CC2. The van der Waals surface area contributed by atoms with Crippen LogP contribution in [0.4, 0.5) is 0 Å². The fourth-order valence-corrected chi connectivity index (χ4v) is 3.75. The molecule has 2 fully saturated rings. The summed E-state index contributed by atoms with van der Waals surface area (Å²) in [4.78, 5) is 2.50. The Morgan fingerprint density at radius 1 is 1.12 bits per heavy atom. The van der Waals surface area contributed by atoms with Gasteiger partial charge in [-0.15, -0.1) is 0 Å². The van der Waals surface area contributed by atoms with Crippen LogP contribution in [0.25, 0.3) is 0 Å². The van der Waals surface area contributed by atoms with E-state index in [1.165, 1.54) is 25.7 Å². The molecule has 0 aliphatic carbocycles. The second-order valence-corrected chi connectivity index (χ2v) is 5.56. The van der Waals surface area contributed by atoms with Gasteiger partial charge in [-0.05, 0) is 38.3 Å². The second kappa shape index (κ2) is 4.43. The van der Waals surface area contributed by atoms with E-state index in [0.717, 1.165) is 11.6 Å². The van der Waals surface area contributed by atoms with Gasteiger partial charge in [0.1, 0.15) is 0 Å². The molecule has 2 nitrogen and oxygen atoms in total. The van der Waals surface area contributed by atoms with Crippen LogP contribution in [0, 0.1) is 5.92 Å². The van der Waals surface area contributed by atoms with Gasteiger partial charge in [-0.2, -0.15) is 0 Å². The average molecular weight is 231 g/mol. The number of benzene rings is 1. The van der Waals surface area contributed by atoms with E-state index in [9.17, 15) is 5.11 Å². The van der Waals surface area contributed by atoms with Gasteiger partial charge in [-0.1, -0.05) is 30.3 Å². The van der Waals surface area contributed by atoms with Crippen LogP contribution in [0.1, 0.15) is 37.4 Å². The lowest BCUT2D eigenvalue weighted by Crippen LogP contribution is -2.44. The Morgan fingerprint density at radius 2 is 1.82 bits per heavy atom. The van der Waals surface area contributed by atoms with Gasteiger partial charge in [-0.25, -0.2) is 0 Å². The molecule has 2 saturated heterocycles. The van der Waals surface area contributed by atoms with Gasteiger partial charge >= 0.3 is 0 Å². The highest BCUT2D eigenvalue weighted by Crippen LogP contribution is 2.43. The van der Waals surface area contributed by atoms with Crippen LogP contribution in [0.2, 0.25) is 0 Å². The highest BCUT2D eigenvalue weighted by Gasteiger charge is 2.42. The second-order valence-electron chi connectivity index (χ2n) is 5.56. The molecule has 92 valence electrons. The van der Waals surface area contributed by atoms with Crippen molar-refractivity contribution < 1.29 is 5.11 Å². The summed E-state index contributed by atoms with van der Waals surface area (Å²) in [6, 6.07) is 11.5. The summed E-state index contributed by atoms with van der Waals surface area (Å²) in [7, 11) is 2.23. The Kier molecular flexibility index (Phi) is 2.93. The molecule has 0 amide bonds. The van der Waals surface area contributed by atoms with Crippen molar-refractivity contribution in [1.29, 1.82) is 0 Å². The van der Waals surface area contributed by atoms with Crippen molar-refractivity contribution >= 4 is 0 Å². The molecule has 2 heteroatoms. The normalized spacial score (nSPS) is 34.8. The molecular weight excluding hydrogens is 210 g/mol. The van der Waals surface area contributed by atoms with E-state index >= 15 is 0 Å². The summed E-state index contributed by atoms with van der Waals surface area (Å²) in [5.41, 5.74) is 1.08. The lowest BCUT2D eigenvalue weighted by atomic mass is 9.83. The number of nitrogens with zero attached hydrogens (tertiary/aromatic N) is 1. The first-order chi connectivity index (χ1) is 8.27. The minimum atomic E-state index is -0.289. The summed E-state index contributed by atoms with van der Waals surface area (Å²) in [6.45, 7) is 0. The maximum absolute atomic E-state index is 10.6. The number of aliphatic hydroxyl groups is 1. The summed E-state index contributed by atoms with van der Waals surface area (Å²) in [5.74, 6) is 0.418. The van der Waals surface area contributed by atoms with Crippen LogP contribution in [-0.2, 0) is 0 Å². The van der Waals surface area contributed by atoms with Crippen LogP contribution in [0.5, 0.6) is 0 Å². The summed E-state index contributed by atoms with van der Waals surface area (Å²) in [5, 5.41) is 10.6. The Balaban J connectivity index is 1.80. The Labute approximate surface area is 103 Å². The zero-order valence-corrected chi connectivity index (χ0v) is 10.4. The number of rotatable bonds is 2. The first-order valence-electron chi connectivity index (χ1n) is 6.72. The molecule has 1 aromatic rings. The third-order valence-electron chi connectivity index (χ3n) is 4.77. The largest absolute Gasteiger partial charge is 0.388 e. The highest BCUT2D eigenvalue weighted by atomic mass is 16.3. The Hall–Kier alpha value is -0.860. The predicted molar refractivity (Wildman–Crippen MR) is 68.7 cm³/mol. The molecule has 0 spiro atoms. The topological polar surface area (TPSA) is 23.5 Å². The summed E-state index contributed by atoms with van der Waals surface area (Å²) >= 11 is 0. The number of hydrogen-bond acceptors (Lipinski definition) is 2. The standard InChI is InChI=1S/C15H21NO/c1-16-12-7-9-13(14(16)10-8-12)15(17)11-5-3-2-4-6-11/h2-6,12-15,17H,7-10H2,1H3/t12-,13+,14-,15+/m0/s1.